The van der Waals surface area contributed by atoms with Crippen molar-refractivity contribution in [3.8, 4) is 5.75 Å². The molecule has 0 radical (unpaired) electrons. The molecule has 0 atom stereocenters. The normalized spacial score (nSPS) is 10.6. The van der Waals surface area contributed by atoms with Crippen LogP contribution in [0.3, 0.4) is 0 Å². The molecule has 0 unspecified atom stereocenters. The molecule has 118 valence electrons. The molecule has 0 heterocycles. The summed E-state index contributed by atoms with van der Waals surface area (Å²) in [5.74, 6) is 1.47. The molecule has 0 N–H and O–H groups in total. The Balaban J connectivity index is 2.17. The molecule has 0 saturated heterocycles. The van der Waals surface area contributed by atoms with Gasteiger partial charge in [0.2, 0.25) is 0 Å². The minimum Gasteiger partial charge on any atom is -0.481 e. The SMILES string of the molecule is CCCCCSc1ccc(OCC(=O)OC)c2ccccc12. The molecule has 0 aliphatic heterocycles. The lowest BCUT2D eigenvalue weighted by Crippen LogP contribution is -2.12. The first kappa shape index (κ1) is 16.7. The van der Waals surface area contributed by atoms with E-state index in [2.05, 4.69) is 23.8 Å². The molecule has 0 saturated carbocycles. The fourth-order valence-electron chi connectivity index (χ4n) is 2.23. The van der Waals surface area contributed by atoms with Crippen LogP contribution in [0.25, 0.3) is 10.8 Å². The van der Waals surface area contributed by atoms with Crippen LogP contribution in [0.5, 0.6) is 5.75 Å². The second-order valence-electron chi connectivity index (χ2n) is 5.03. The molecule has 0 amide bonds. The van der Waals surface area contributed by atoms with Gasteiger partial charge in [-0.1, -0.05) is 44.0 Å². The summed E-state index contributed by atoms with van der Waals surface area (Å²) in [6.45, 7) is 2.15. The molecule has 2 aromatic carbocycles. The predicted octanol–water partition coefficient (Wildman–Crippen LogP) is 4.67. The molecule has 4 heteroatoms. The lowest BCUT2D eigenvalue weighted by Gasteiger charge is -2.11. The van der Waals surface area contributed by atoms with Gasteiger partial charge >= 0.3 is 5.97 Å². The summed E-state index contributed by atoms with van der Waals surface area (Å²) in [6.07, 6.45) is 3.74. The quantitative estimate of drug-likeness (QED) is 0.402. The molecule has 0 bridgehead atoms. The largest absolute Gasteiger partial charge is 0.481 e. The number of ether oxygens (including phenoxy) is 2. The van der Waals surface area contributed by atoms with E-state index >= 15 is 0 Å². The fourth-order valence-corrected chi connectivity index (χ4v) is 3.29. The van der Waals surface area contributed by atoms with Crippen LogP contribution in [0.1, 0.15) is 26.2 Å². The Morgan fingerprint density at radius 1 is 1.09 bits per heavy atom. The first-order valence-electron chi connectivity index (χ1n) is 7.60. The average molecular weight is 318 g/mol. The lowest BCUT2D eigenvalue weighted by atomic mass is 10.1. The molecular weight excluding hydrogens is 296 g/mol. The summed E-state index contributed by atoms with van der Waals surface area (Å²) in [7, 11) is 1.36. The average Bonchev–Trinajstić information content (AvgIpc) is 2.57. The van der Waals surface area contributed by atoms with Crippen molar-refractivity contribution in [1.82, 2.24) is 0 Å². The maximum Gasteiger partial charge on any atom is 0.343 e. The Kier molecular flexibility index (Phi) is 6.59. The number of esters is 1. The summed E-state index contributed by atoms with van der Waals surface area (Å²) in [4.78, 5) is 12.5. The van der Waals surface area contributed by atoms with Gasteiger partial charge in [0.1, 0.15) is 5.75 Å². The minimum absolute atomic E-state index is 0.0660. The summed E-state index contributed by atoms with van der Waals surface area (Å²) >= 11 is 1.88. The fraction of sp³-hybridized carbons (Fsp3) is 0.389. The monoisotopic (exact) mass is 318 g/mol. The van der Waals surface area contributed by atoms with Crippen LogP contribution in [0.4, 0.5) is 0 Å². The van der Waals surface area contributed by atoms with Gasteiger partial charge in [0.25, 0.3) is 0 Å². The number of carbonyl (C=O) groups excluding carboxylic acids is 1. The Hall–Kier alpha value is -1.68. The number of rotatable bonds is 8. The summed E-state index contributed by atoms with van der Waals surface area (Å²) in [5.41, 5.74) is 0. The van der Waals surface area contributed by atoms with E-state index in [9.17, 15) is 4.79 Å². The Morgan fingerprint density at radius 2 is 1.86 bits per heavy atom. The third-order valence-corrected chi connectivity index (χ3v) is 4.58. The molecule has 0 fully saturated rings. The van der Waals surface area contributed by atoms with Gasteiger partial charge < -0.3 is 9.47 Å². The Bertz CT molecular complexity index is 625. The molecule has 0 aliphatic carbocycles. The van der Waals surface area contributed by atoms with Gasteiger partial charge in [0, 0.05) is 10.3 Å². The van der Waals surface area contributed by atoms with Gasteiger partial charge in [-0.3, -0.25) is 0 Å². The molecule has 3 nitrogen and oxygen atoms in total. The van der Waals surface area contributed by atoms with E-state index in [1.807, 2.05) is 36.0 Å². The van der Waals surface area contributed by atoms with Crippen LogP contribution in [-0.4, -0.2) is 25.4 Å². The van der Waals surface area contributed by atoms with E-state index in [0.717, 1.165) is 16.9 Å². The number of fused-ring (bicyclic) bond motifs is 1. The topological polar surface area (TPSA) is 35.5 Å². The first-order valence-corrected chi connectivity index (χ1v) is 8.59. The summed E-state index contributed by atoms with van der Waals surface area (Å²) in [5, 5.41) is 2.21. The van der Waals surface area contributed by atoms with Crippen LogP contribution < -0.4 is 4.74 Å². The number of unbranched alkanes of at least 4 members (excludes halogenated alkanes) is 2. The highest BCUT2D eigenvalue weighted by Crippen LogP contribution is 2.34. The van der Waals surface area contributed by atoms with E-state index in [0.29, 0.717) is 0 Å². The molecule has 0 aromatic heterocycles. The Labute approximate surface area is 136 Å². The van der Waals surface area contributed by atoms with Crippen molar-refractivity contribution in [3.63, 3.8) is 0 Å². The van der Waals surface area contributed by atoms with E-state index in [1.165, 1.54) is 36.7 Å². The highest BCUT2D eigenvalue weighted by atomic mass is 32.2. The van der Waals surface area contributed by atoms with Crippen LogP contribution in [0.15, 0.2) is 41.3 Å². The molecule has 2 aromatic rings. The van der Waals surface area contributed by atoms with Crippen molar-refractivity contribution < 1.29 is 14.3 Å². The number of hydrogen-bond acceptors (Lipinski definition) is 4. The zero-order valence-electron chi connectivity index (χ0n) is 13.1. The summed E-state index contributed by atoms with van der Waals surface area (Å²) < 4.78 is 10.2. The highest BCUT2D eigenvalue weighted by molar-refractivity contribution is 7.99. The molecule has 0 spiro atoms. The highest BCUT2D eigenvalue weighted by Gasteiger charge is 2.09. The van der Waals surface area contributed by atoms with Gasteiger partial charge in [-0.05, 0) is 29.7 Å². The van der Waals surface area contributed by atoms with Crippen molar-refractivity contribution in [2.24, 2.45) is 0 Å². The third-order valence-electron chi connectivity index (χ3n) is 3.42. The predicted molar refractivity (Wildman–Crippen MR) is 91.7 cm³/mol. The third kappa shape index (κ3) is 4.41. The number of thioether (sulfide) groups is 1. The lowest BCUT2D eigenvalue weighted by molar-refractivity contribution is -0.142. The van der Waals surface area contributed by atoms with E-state index < -0.39 is 0 Å². The van der Waals surface area contributed by atoms with Gasteiger partial charge in [0.05, 0.1) is 7.11 Å². The van der Waals surface area contributed by atoms with Crippen molar-refractivity contribution >= 4 is 28.5 Å². The van der Waals surface area contributed by atoms with E-state index in [-0.39, 0.29) is 12.6 Å². The van der Waals surface area contributed by atoms with Crippen molar-refractivity contribution in [1.29, 1.82) is 0 Å². The van der Waals surface area contributed by atoms with Crippen LogP contribution in [0, 0.1) is 0 Å². The van der Waals surface area contributed by atoms with Gasteiger partial charge in [-0.25, -0.2) is 4.79 Å². The van der Waals surface area contributed by atoms with E-state index in [1.54, 1.807) is 0 Å². The number of benzene rings is 2. The Morgan fingerprint density at radius 3 is 2.59 bits per heavy atom. The second-order valence-corrected chi connectivity index (χ2v) is 6.16. The summed E-state index contributed by atoms with van der Waals surface area (Å²) in [6, 6.07) is 12.2. The van der Waals surface area contributed by atoms with Crippen molar-refractivity contribution in [2.45, 2.75) is 31.1 Å². The molecule has 0 aliphatic rings. The van der Waals surface area contributed by atoms with Crippen LogP contribution >= 0.6 is 11.8 Å². The van der Waals surface area contributed by atoms with Crippen molar-refractivity contribution in [2.75, 3.05) is 19.5 Å². The standard InChI is InChI=1S/C18H22O3S/c1-3-4-7-12-22-17-11-10-16(21-13-18(19)20-2)14-8-5-6-9-15(14)17/h5-6,8-11H,3-4,7,12-13H2,1-2H3. The maximum atomic E-state index is 11.2. The van der Waals surface area contributed by atoms with Gasteiger partial charge in [-0.15, -0.1) is 11.8 Å². The van der Waals surface area contributed by atoms with Gasteiger partial charge in [0.15, 0.2) is 6.61 Å². The van der Waals surface area contributed by atoms with Crippen LogP contribution in [0.2, 0.25) is 0 Å². The van der Waals surface area contributed by atoms with Gasteiger partial charge in [-0.2, -0.15) is 0 Å². The molecular formula is C18H22O3S. The van der Waals surface area contributed by atoms with Crippen LogP contribution in [-0.2, 0) is 9.53 Å². The second kappa shape index (κ2) is 8.69. The van der Waals surface area contributed by atoms with E-state index in [4.69, 9.17) is 4.74 Å². The number of carbonyl (C=O) groups is 1. The zero-order valence-corrected chi connectivity index (χ0v) is 13.9. The zero-order chi connectivity index (χ0) is 15.8. The number of methoxy groups -OCH3 is 1. The maximum absolute atomic E-state index is 11.2. The minimum atomic E-state index is -0.373. The molecule has 22 heavy (non-hydrogen) atoms. The smallest absolute Gasteiger partial charge is 0.343 e. The first-order chi connectivity index (χ1) is 10.8. The molecule has 2 rings (SSSR count). The number of hydrogen-bond donors (Lipinski definition) is 0. The van der Waals surface area contributed by atoms with Crippen molar-refractivity contribution in [3.05, 3.63) is 36.4 Å².